The first-order valence-electron chi connectivity index (χ1n) is 4.14. The molecule has 0 aliphatic carbocycles. The van der Waals surface area contributed by atoms with E-state index in [1.807, 2.05) is 0 Å². The van der Waals surface area contributed by atoms with Gasteiger partial charge in [-0.25, -0.2) is 0 Å². The van der Waals surface area contributed by atoms with E-state index < -0.39 is 11.7 Å². The molecule has 5 heteroatoms. The third kappa shape index (κ3) is 2.90. The van der Waals surface area contributed by atoms with Gasteiger partial charge in [-0.3, -0.25) is 0 Å². The SMILES string of the molecule is N=C(CC=O)c1ccc(C(F)(F)F)cc1. The van der Waals surface area contributed by atoms with E-state index in [0.717, 1.165) is 12.1 Å². The van der Waals surface area contributed by atoms with E-state index in [2.05, 4.69) is 0 Å². The molecule has 1 aromatic carbocycles. The van der Waals surface area contributed by atoms with Crippen molar-refractivity contribution in [1.82, 2.24) is 0 Å². The molecule has 2 nitrogen and oxygen atoms in total. The van der Waals surface area contributed by atoms with Crippen molar-refractivity contribution in [2.75, 3.05) is 0 Å². The number of benzene rings is 1. The monoisotopic (exact) mass is 215 g/mol. The molecule has 0 unspecified atom stereocenters. The Hall–Kier alpha value is -1.65. The fourth-order valence-corrected chi connectivity index (χ4v) is 1.06. The number of carbonyl (C=O) groups is 1. The molecule has 15 heavy (non-hydrogen) atoms. The van der Waals surface area contributed by atoms with E-state index in [4.69, 9.17) is 5.41 Å². The topological polar surface area (TPSA) is 40.9 Å². The highest BCUT2D eigenvalue weighted by Gasteiger charge is 2.29. The molecule has 80 valence electrons. The Morgan fingerprint density at radius 3 is 2.20 bits per heavy atom. The second-order valence-electron chi connectivity index (χ2n) is 2.92. The van der Waals surface area contributed by atoms with Crippen LogP contribution in [-0.4, -0.2) is 12.0 Å². The van der Waals surface area contributed by atoms with Crippen molar-refractivity contribution in [2.24, 2.45) is 0 Å². The maximum absolute atomic E-state index is 12.2. The number of carbonyl (C=O) groups excluding carboxylic acids is 1. The van der Waals surface area contributed by atoms with E-state index in [1.165, 1.54) is 12.1 Å². The van der Waals surface area contributed by atoms with Gasteiger partial charge in [-0.15, -0.1) is 0 Å². The maximum atomic E-state index is 12.2. The molecule has 0 aromatic heterocycles. The summed E-state index contributed by atoms with van der Waals surface area (Å²) in [7, 11) is 0. The van der Waals surface area contributed by atoms with Gasteiger partial charge in [-0.1, -0.05) is 12.1 Å². The zero-order valence-corrected chi connectivity index (χ0v) is 7.64. The number of rotatable bonds is 3. The Bertz CT molecular complexity index is 367. The second-order valence-corrected chi connectivity index (χ2v) is 2.92. The summed E-state index contributed by atoms with van der Waals surface area (Å²) in [5.41, 5.74) is -0.418. The summed E-state index contributed by atoms with van der Waals surface area (Å²) in [5, 5.41) is 7.34. The lowest BCUT2D eigenvalue weighted by molar-refractivity contribution is -0.137. The first kappa shape index (κ1) is 11.4. The number of hydrogen-bond acceptors (Lipinski definition) is 2. The van der Waals surface area contributed by atoms with Crippen LogP contribution in [0.1, 0.15) is 17.5 Å². The van der Waals surface area contributed by atoms with Crippen LogP contribution in [0.15, 0.2) is 24.3 Å². The minimum atomic E-state index is -4.37. The summed E-state index contributed by atoms with van der Waals surface area (Å²) >= 11 is 0. The van der Waals surface area contributed by atoms with Gasteiger partial charge in [0.2, 0.25) is 0 Å². The zero-order chi connectivity index (χ0) is 11.5. The van der Waals surface area contributed by atoms with E-state index in [0.29, 0.717) is 11.8 Å². The third-order valence-corrected chi connectivity index (χ3v) is 1.85. The molecule has 0 bridgehead atoms. The van der Waals surface area contributed by atoms with Crippen LogP contribution >= 0.6 is 0 Å². The molecule has 1 N–H and O–H groups in total. The van der Waals surface area contributed by atoms with Gasteiger partial charge < -0.3 is 10.2 Å². The number of alkyl halides is 3. The van der Waals surface area contributed by atoms with Crippen LogP contribution in [0, 0.1) is 5.41 Å². The lowest BCUT2D eigenvalue weighted by Crippen LogP contribution is -2.06. The number of halogens is 3. The lowest BCUT2D eigenvalue weighted by atomic mass is 10.1. The van der Waals surface area contributed by atoms with Gasteiger partial charge in [0.25, 0.3) is 0 Å². The van der Waals surface area contributed by atoms with Crippen LogP contribution in [0.4, 0.5) is 13.2 Å². The van der Waals surface area contributed by atoms with Gasteiger partial charge in [-0.05, 0) is 17.7 Å². The fraction of sp³-hybridized carbons (Fsp3) is 0.200. The highest BCUT2D eigenvalue weighted by molar-refractivity contribution is 6.04. The number of nitrogens with one attached hydrogen (secondary N) is 1. The van der Waals surface area contributed by atoms with Crippen molar-refractivity contribution < 1.29 is 18.0 Å². The van der Waals surface area contributed by atoms with Gasteiger partial charge in [-0.2, -0.15) is 13.2 Å². The summed E-state index contributed by atoms with van der Waals surface area (Å²) in [4.78, 5) is 10.1. The lowest BCUT2D eigenvalue weighted by Gasteiger charge is -2.07. The van der Waals surface area contributed by atoms with E-state index in [1.54, 1.807) is 0 Å². The van der Waals surface area contributed by atoms with Crippen molar-refractivity contribution in [3.63, 3.8) is 0 Å². The van der Waals surface area contributed by atoms with Crippen molar-refractivity contribution in [1.29, 1.82) is 5.41 Å². The maximum Gasteiger partial charge on any atom is 0.416 e. The van der Waals surface area contributed by atoms with Gasteiger partial charge in [0.1, 0.15) is 6.29 Å². The Morgan fingerprint density at radius 1 is 1.27 bits per heavy atom. The number of hydrogen-bond donors (Lipinski definition) is 1. The van der Waals surface area contributed by atoms with Crippen molar-refractivity contribution in [3.05, 3.63) is 35.4 Å². The van der Waals surface area contributed by atoms with Gasteiger partial charge >= 0.3 is 6.18 Å². The Kier molecular flexibility index (Phi) is 3.24. The summed E-state index contributed by atoms with van der Waals surface area (Å²) in [6.45, 7) is 0. The first-order valence-corrected chi connectivity index (χ1v) is 4.14. The quantitative estimate of drug-likeness (QED) is 0.611. The molecule has 0 atom stereocenters. The molecule has 0 aliphatic heterocycles. The molecule has 0 saturated heterocycles. The van der Waals surface area contributed by atoms with Crippen molar-refractivity contribution in [3.8, 4) is 0 Å². The predicted octanol–water partition coefficient (Wildman–Crippen LogP) is 2.66. The highest BCUT2D eigenvalue weighted by atomic mass is 19.4. The Labute approximate surface area is 84.2 Å². The molecule has 0 saturated carbocycles. The average molecular weight is 215 g/mol. The summed E-state index contributed by atoms with van der Waals surface area (Å²) in [5.74, 6) is 0. The predicted molar refractivity (Wildman–Crippen MR) is 49.0 cm³/mol. The van der Waals surface area contributed by atoms with E-state index >= 15 is 0 Å². The minimum Gasteiger partial charge on any atom is -0.304 e. The van der Waals surface area contributed by atoms with Crippen LogP contribution in [-0.2, 0) is 11.0 Å². The molecule has 0 amide bonds. The van der Waals surface area contributed by atoms with Gasteiger partial charge in [0.15, 0.2) is 0 Å². The highest BCUT2D eigenvalue weighted by Crippen LogP contribution is 2.29. The fourth-order valence-electron chi connectivity index (χ4n) is 1.06. The van der Waals surface area contributed by atoms with E-state index in [-0.39, 0.29) is 12.1 Å². The zero-order valence-electron chi connectivity index (χ0n) is 7.64. The number of aldehydes is 1. The van der Waals surface area contributed by atoms with Crippen molar-refractivity contribution in [2.45, 2.75) is 12.6 Å². The van der Waals surface area contributed by atoms with Crippen LogP contribution < -0.4 is 0 Å². The Morgan fingerprint density at radius 2 is 1.80 bits per heavy atom. The average Bonchev–Trinajstić information content (AvgIpc) is 2.17. The summed E-state index contributed by atoms with van der Waals surface area (Å²) in [6, 6.07) is 4.17. The third-order valence-electron chi connectivity index (χ3n) is 1.85. The molecule has 0 spiro atoms. The first-order chi connectivity index (χ1) is 6.95. The molecular weight excluding hydrogens is 207 g/mol. The van der Waals surface area contributed by atoms with Gasteiger partial charge in [0, 0.05) is 12.1 Å². The van der Waals surface area contributed by atoms with Crippen LogP contribution in [0.3, 0.4) is 0 Å². The largest absolute Gasteiger partial charge is 0.416 e. The second kappa shape index (κ2) is 4.25. The summed E-state index contributed by atoms with van der Waals surface area (Å²) in [6.07, 6.45) is -3.92. The molecule has 1 aromatic rings. The molecule has 0 radical (unpaired) electrons. The molecule has 1 rings (SSSR count). The van der Waals surface area contributed by atoms with E-state index in [9.17, 15) is 18.0 Å². The smallest absolute Gasteiger partial charge is 0.304 e. The molecule has 0 heterocycles. The summed E-state index contributed by atoms with van der Waals surface area (Å²) < 4.78 is 36.5. The van der Waals surface area contributed by atoms with Crippen LogP contribution in [0.25, 0.3) is 0 Å². The van der Waals surface area contributed by atoms with Crippen LogP contribution in [0.2, 0.25) is 0 Å². The van der Waals surface area contributed by atoms with Gasteiger partial charge in [0.05, 0.1) is 5.56 Å². The minimum absolute atomic E-state index is 0.0127. The standard InChI is InChI=1S/C10H8F3NO/c11-10(12,13)8-3-1-7(2-4-8)9(14)5-6-15/h1-4,6,14H,5H2. The van der Waals surface area contributed by atoms with Crippen LogP contribution in [0.5, 0.6) is 0 Å². The van der Waals surface area contributed by atoms with Crippen molar-refractivity contribution >= 4 is 12.0 Å². The normalized spacial score (nSPS) is 11.1. The molecule has 0 fully saturated rings. The molecule has 0 aliphatic rings. The Balaban J connectivity index is 2.90. The molecular formula is C10H8F3NO.